The molecule has 4 rings (SSSR count). The fourth-order valence-corrected chi connectivity index (χ4v) is 7.16. The van der Waals surface area contributed by atoms with E-state index in [0.717, 1.165) is 46.5 Å². The van der Waals surface area contributed by atoms with Crippen molar-refractivity contribution in [2.45, 2.75) is 71.3 Å². The van der Waals surface area contributed by atoms with Crippen molar-refractivity contribution >= 4 is 53.1 Å². The van der Waals surface area contributed by atoms with E-state index in [1.807, 2.05) is 55.7 Å². The lowest BCUT2D eigenvalue weighted by Crippen LogP contribution is -2.44. The van der Waals surface area contributed by atoms with E-state index in [1.54, 1.807) is 17.2 Å². The molecular weight excluding hydrogens is 846 g/mol. The molecule has 336 valence electrons. The molecule has 2 atom stereocenters. The molecule has 0 bridgehead atoms. The van der Waals surface area contributed by atoms with Crippen LogP contribution in [0.1, 0.15) is 63.8 Å². The highest BCUT2D eigenvalue weighted by Gasteiger charge is 2.39. The molecule has 3 aromatic rings. The van der Waals surface area contributed by atoms with Gasteiger partial charge in [0.05, 0.1) is 18.3 Å². The van der Waals surface area contributed by atoms with Crippen molar-refractivity contribution < 1.29 is 65.7 Å². The van der Waals surface area contributed by atoms with E-state index in [-0.39, 0.29) is 42.2 Å². The number of carboxylic acid groups (broad SMARTS) is 2. The molecule has 0 fully saturated rings. The van der Waals surface area contributed by atoms with E-state index in [0.29, 0.717) is 31.6 Å². The number of alkyl halides is 3. The summed E-state index contributed by atoms with van der Waals surface area (Å²) in [6.45, 7) is 6.54. The van der Waals surface area contributed by atoms with Crippen molar-refractivity contribution in [2.75, 3.05) is 31.1 Å². The summed E-state index contributed by atoms with van der Waals surface area (Å²) in [6, 6.07) is 12.8. The Morgan fingerprint density at radius 1 is 0.919 bits per heavy atom. The number of aromatic nitrogens is 1. The number of imide groups is 1. The van der Waals surface area contributed by atoms with Gasteiger partial charge in [-0.25, -0.2) is 18.4 Å². The molecule has 0 saturated heterocycles. The first-order valence-corrected chi connectivity index (χ1v) is 20.3. The predicted molar refractivity (Wildman–Crippen MR) is 218 cm³/mol. The topological polar surface area (TPSA) is 209 Å². The highest BCUT2D eigenvalue weighted by atomic mass is 32.2. The summed E-state index contributed by atoms with van der Waals surface area (Å²) in [7, 11) is 0. The van der Waals surface area contributed by atoms with Gasteiger partial charge in [0.1, 0.15) is 17.7 Å². The van der Waals surface area contributed by atoms with Crippen molar-refractivity contribution in [1.82, 2.24) is 19.7 Å². The number of nitrogens with zero attached hydrogens (tertiary/aromatic N) is 3. The van der Waals surface area contributed by atoms with Crippen LogP contribution in [0.5, 0.6) is 0 Å². The lowest BCUT2D eigenvalue weighted by atomic mass is 9.83. The summed E-state index contributed by atoms with van der Waals surface area (Å²) in [5, 5.41) is 19.2. The van der Waals surface area contributed by atoms with Crippen LogP contribution in [0.3, 0.4) is 0 Å². The zero-order chi connectivity index (χ0) is 46.4. The highest BCUT2D eigenvalue weighted by Crippen LogP contribution is 2.41. The van der Waals surface area contributed by atoms with Gasteiger partial charge >= 0.3 is 18.1 Å². The van der Waals surface area contributed by atoms with Crippen LogP contribution < -0.4 is 11.1 Å². The SMILES string of the molecule is CC(C)(C)[C@H](c1cc(-c2cc(F)ccc2F)cn1Cc1ccccc1)N(CCCN)C(=O)CSCCC(=O)N[C@H](CCC(=O)CN1C(=O)C=CC1=O)C(=O)O.O=C(O)C(F)(F)F. The van der Waals surface area contributed by atoms with Gasteiger partial charge in [-0.15, -0.1) is 0 Å². The monoisotopic (exact) mass is 893 g/mol. The number of hydrogen-bond acceptors (Lipinski definition) is 9. The second-order valence-corrected chi connectivity index (χ2v) is 16.2. The molecule has 0 unspecified atom stereocenters. The number of nitrogens with one attached hydrogen (secondary N) is 1. The maximum absolute atomic E-state index is 15.1. The van der Waals surface area contributed by atoms with E-state index in [2.05, 4.69) is 5.32 Å². The number of rotatable bonds is 20. The lowest BCUT2D eigenvalue weighted by molar-refractivity contribution is -0.192. The van der Waals surface area contributed by atoms with Gasteiger partial charge in [-0.3, -0.25) is 28.9 Å². The molecular formula is C42H48F5N5O9S. The number of halogens is 5. The van der Waals surface area contributed by atoms with Gasteiger partial charge in [-0.1, -0.05) is 51.1 Å². The fourth-order valence-electron chi connectivity index (χ4n) is 6.35. The van der Waals surface area contributed by atoms with Crippen LogP contribution in [-0.2, 0) is 40.1 Å². The Hall–Kier alpha value is -5.89. The van der Waals surface area contributed by atoms with Gasteiger partial charge < -0.3 is 30.7 Å². The zero-order valence-corrected chi connectivity index (χ0v) is 34.9. The second kappa shape index (κ2) is 22.8. The first kappa shape index (κ1) is 50.5. The summed E-state index contributed by atoms with van der Waals surface area (Å²) in [5.41, 5.74) is 7.61. The van der Waals surface area contributed by atoms with Crippen molar-refractivity contribution in [2.24, 2.45) is 11.1 Å². The first-order chi connectivity index (χ1) is 29.0. The Balaban J connectivity index is 0.00000134. The Morgan fingerprint density at radius 3 is 2.11 bits per heavy atom. The standard InChI is InChI=1S/C40H47F2N5O7S.C2HF3O2/c1-40(2,3)38(33-20-27(30-21-28(41)10-12-31(30)42)23-45(33)22-26-8-5-4-6-9-26)46(18-7-17-43)37(52)25-55-19-16-34(49)44-32(39(53)54)13-11-29(48)24-47-35(50)14-15-36(47)51;3-2(4,5)1(6)7/h4-6,8-10,12,14-15,20-21,23,32,38H,7,11,13,16-19,22,24-25,43H2,1-3H3,(H,44,49)(H,53,54);(H,6,7)/t32-,38+;/m1./s1. The minimum atomic E-state index is -5.08. The molecule has 20 heteroatoms. The van der Waals surface area contributed by atoms with Crippen LogP contribution in [0.4, 0.5) is 22.0 Å². The van der Waals surface area contributed by atoms with Gasteiger partial charge in [0.15, 0.2) is 5.78 Å². The smallest absolute Gasteiger partial charge is 0.480 e. The summed E-state index contributed by atoms with van der Waals surface area (Å²) in [5.74, 6) is -7.67. The summed E-state index contributed by atoms with van der Waals surface area (Å²) < 4.78 is 63.1. The zero-order valence-electron chi connectivity index (χ0n) is 34.1. The molecule has 2 heterocycles. The third-order valence-electron chi connectivity index (χ3n) is 9.22. The number of carbonyl (C=O) groups excluding carboxylic acids is 5. The Labute approximate surface area is 358 Å². The van der Waals surface area contributed by atoms with Crippen LogP contribution in [-0.4, -0.2) is 109 Å². The normalized spacial score (nSPS) is 13.6. The van der Waals surface area contributed by atoms with Crippen LogP contribution >= 0.6 is 11.8 Å². The molecule has 5 N–H and O–H groups in total. The van der Waals surface area contributed by atoms with Gasteiger partial charge in [0.25, 0.3) is 11.8 Å². The number of aliphatic carboxylic acids is 2. The fraction of sp³-hybridized carbons (Fsp3) is 0.405. The molecule has 0 radical (unpaired) electrons. The third-order valence-corrected chi connectivity index (χ3v) is 10.2. The number of ketones is 1. The molecule has 0 aliphatic carbocycles. The average molecular weight is 894 g/mol. The molecule has 0 saturated carbocycles. The van der Waals surface area contributed by atoms with E-state index in [1.165, 1.54) is 11.8 Å². The Morgan fingerprint density at radius 2 is 1.55 bits per heavy atom. The number of nitrogens with two attached hydrogens (primary N) is 1. The summed E-state index contributed by atoms with van der Waals surface area (Å²) in [6.07, 6.45) is -1.35. The molecule has 1 aromatic heterocycles. The number of thioether (sulfide) groups is 1. The quantitative estimate of drug-likeness (QED) is 0.0646. The summed E-state index contributed by atoms with van der Waals surface area (Å²) in [4.78, 5) is 85.8. The maximum atomic E-state index is 15.1. The molecule has 62 heavy (non-hydrogen) atoms. The maximum Gasteiger partial charge on any atom is 0.490 e. The number of carbonyl (C=O) groups is 7. The molecule has 1 aliphatic heterocycles. The van der Waals surface area contributed by atoms with Crippen molar-refractivity contribution in [3.63, 3.8) is 0 Å². The molecule has 14 nitrogen and oxygen atoms in total. The minimum Gasteiger partial charge on any atom is -0.480 e. The first-order valence-electron chi connectivity index (χ1n) is 19.2. The van der Waals surface area contributed by atoms with E-state index < -0.39 is 77.3 Å². The van der Waals surface area contributed by atoms with Crippen molar-refractivity contribution in [3.8, 4) is 11.1 Å². The van der Waals surface area contributed by atoms with Gasteiger partial charge in [0.2, 0.25) is 11.8 Å². The largest absolute Gasteiger partial charge is 0.490 e. The van der Waals surface area contributed by atoms with Crippen LogP contribution in [0, 0.1) is 17.0 Å². The number of Topliss-reactive ketones (excluding diaryl/α,β-unsaturated/α-hetero) is 1. The van der Waals surface area contributed by atoms with Gasteiger partial charge in [-0.05, 0) is 54.6 Å². The lowest BCUT2D eigenvalue weighted by Gasteiger charge is -2.41. The van der Waals surface area contributed by atoms with Crippen LogP contribution in [0.25, 0.3) is 11.1 Å². The molecule has 4 amide bonds. The van der Waals surface area contributed by atoms with E-state index in [9.17, 15) is 51.4 Å². The number of amides is 4. The van der Waals surface area contributed by atoms with Crippen molar-refractivity contribution in [3.05, 3.63) is 95.8 Å². The number of hydrogen-bond donors (Lipinski definition) is 4. The van der Waals surface area contributed by atoms with Gasteiger partial charge in [-0.2, -0.15) is 24.9 Å². The predicted octanol–water partition coefficient (Wildman–Crippen LogP) is 5.35. The number of carboxylic acids is 2. The van der Waals surface area contributed by atoms with Gasteiger partial charge in [0, 0.05) is 66.9 Å². The minimum absolute atomic E-state index is 0.00509. The van der Waals surface area contributed by atoms with Crippen LogP contribution in [0.15, 0.2) is 72.9 Å². The summed E-state index contributed by atoms with van der Waals surface area (Å²) >= 11 is 1.20. The Bertz CT molecular complexity index is 2100. The van der Waals surface area contributed by atoms with Crippen molar-refractivity contribution in [1.29, 1.82) is 0 Å². The van der Waals surface area contributed by atoms with E-state index in [4.69, 9.17) is 15.6 Å². The third kappa shape index (κ3) is 15.2. The molecule has 2 aromatic carbocycles. The Kier molecular flexibility index (Phi) is 18.6. The van der Waals surface area contributed by atoms with Crippen LogP contribution in [0.2, 0.25) is 0 Å². The highest BCUT2D eigenvalue weighted by molar-refractivity contribution is 7.99. The number of benzene rings is 2. The average Bonchev–Trinajstić information content (AvgIpc) is 3.74. The molecule has 1 aliphatic rings. The molecule has 0 spiro atoms. The second-order valence-electron chi connectivity index (χ2n) is 15.1. The van der Waals surface area contributed by atoms with E-state index >= 15 is 4.39 Å².